The van der Waals surface area contributed by atoms with Gasteiger partial charge in [0, 0.05) is 6.42 Å². The van der Waals surface area contributed by atoms with Crippen LogP contribution in [0.3, 0.4) is 0 Å². The summed E-state index contributed by atoms with van der Waals surface area (Å²) in [5.41, 5.74) is 4.78. The van der Waals surface area contributed by atoms with Crippen molar-refractivity contribution in [2.75, 3.05) is 11.5 Å². The highest BCUT2D eigenvalue weighted by Gasteiger charge is 2.29. The SMILES string of the molecule is O=C(CC1CCS(=O)(=O)C1)NNC(=O)c1ccoc1. The van der Waals surface area contributed by atoms with Gasteiger partial charge in [-0.2, -0.15) is 0 Å². The number of carbonyl (C=O) groups is 2. The zero-order valence-corrected chi connectivity index (χ0v) is 10.9. The average Bonchev–Trinajstić information content (AvgIpc) is 2.96. The summed E-state index contributed by atoms with van der Waals surface area (Å²) in [5.74, 6) is -0.890. The first-order valence-electron chi connectivity index (χ1n) is 5.78. The maximum absolute atomic E-state index is 11.5. The van der Waals surface area contributed by atoms with Gasteiger partial charge in [0.05, 0.1) is 23.3 Å². The molecule has 2 amide bonds. The minimum Gasteiger partial charge on any atom is -0.472 e. The summed E-state index contributed by atoms with van der Waals surface area (Å²) in [7, 11) is -2.99. The molecule has 1 atom stereocenters. The van der Waals surface area contributed by atoms with Crippen LogP contribution in [-0.4, -0.2) is 31.7 Å². The summed E-state index contributed by atoms with van der Waals surface area (Å²) >= 11 is 0. The maximum Gasteiger partial charge on any atom is 0.272 e. The molecule has 2 rings (SSSR count). The van der Waals surface area contributed by atoms with Crippen molar-refractivity contribution in [3.05, 3.63) is 24.2 Å². The van der Waals surface area contributed by atoms with Gasteiger partial charge >= 0.3 is 0 Å². The zero-order chi connectivity index (χ0) is 13.9. The standard InChI is InChI=1S/C11H14N2O5S/c14-10(5-8-2-4-19(16,17)7-8)12-13-11(15)9-1-3-18-6-9/h1,3,6,8H,2,4-5,7H2,(H,12,14)(H,13,15). The predicted octanol–water partition coefficient (Wildman–Crippen LogP) is -0.135. The van der Waals surface area contributed by atoms with E-state index in [0.29, 0.717) is 12.0 Å². The molecular formula is C11H14N2O5S. The van der Waals surface area contributed by atoms with Crippen LogP contribution < -0.4 is 10.9 Å². The van der Waals surface area contributed by atoms with Crippen molar-refractivity contribution >= 4 is 21.7 Å². The molecule has 0 saturated carbocycles. The van der Waals surface area contributed by atoms with Gasteiger partial charge in [-0.1, -0.05) is 0 Å². The number of sulfone groups is 1. The van der Waals surface area contributed by atoms with Crippen LogP contribution in [-0.2, 0) is 14.6 Å². The molecule has 1 aliphatic heterocycles. The number of hydrogen-bond acceptors (Lipinski definition) is 5. The summed E-state index contributed by atoms with van der Waals surface area (Å²) in [5, 5.41) is 0. The fourth-order valence-electron chi connectivity index (χ4n) is 1.94. The zero-order valence-electron chi connectivity index (χ0n) is 10.1. The Morgan fingerprint density at radius 1 is 1.37 bits per heavy atom. The molecule has 1 aliphatic rings. The summed E-state index contributed by atoms with van der Waals surface area (Å²) in [6.45, 7) is 0. The average molecular weight is 286 g/mol. The van der Waals surface area contributed by atoms with E-state index in [0.717, 1.165) is 0 Å². The molecule has 1 unspecified atom stereocenters. The third kappa shape index (κ3) is 3.82. The molecule has 104 valence electrons. The van der Waals surface area contributed by atoms with Gasteiger partial charge < -0.3 is 4.42 Å². The largest absolute Gasteiger partial charge is 0.472 e. The van der Waals surface area contributed by atoms with Crippen LogP contribution in [0.5, 0.6) is 0 Å². The topological polar surface area (TPSA) is 105 Å². The van der Waals surface area contributed by atoms with Crippen molar-refractivity contribution in [3.8, 4) is 0 Å². The normalized spacial score (nSPS) is 20.9. The highest BCUT2D eigenvalue weighted by atomic mass is 32.2. The lowest BCUT2D eigenvalue weighted by Crippen LogP contribution is -2.42. The lowest BCUT2D eigenvalue weighted by atomic mass is 10.1. The highest BCUT2D eigenvalue weighted by Crippen LogP contribution is 2.21. The number of nitrogens with one attached hydrogen (secondary N) is 2. The van der Waals surface area contributed by atoms with Gasteiger partial charge in [0.25, 0.3) is 5.91 Å². The Balaban J connectivity index is 1.75. The third-order valence-corrected chi connectivity index (χ3v) is 4.74. The molecule has 0 bridgehead atoms. The second-order valence-electron chi connectivity index (χ2n) is 4.49. The Morgan fingerprint density at radius 3 is 2.74 bits per heavy atom. The minimum absolute atomic E-state index is 0.0378. The van der Waals surface area contributed by atoms with Crippen LogP contribution in [0.15, 0.2) is 23.0 Å². The van der Waals surface area contributed by atoms with Crippen molar-refractivity contribution in [2.45, 2.75) is 12.8 Å². The maximum atomic E-state index is 11.5. The van der Waals surface area contributed by atoms with E-state index in [1.165, 1.54) is 18.6 Å². The second-order valence-corrected chi connectivity index (χ2v) is 6.72. The monoisotopic (exact) mass is 286 g/mol. The Hall–Kier alpha value is -1.83. The van der Waals surface area contributed by atoms with E-state index in [4.69, 9.17) is 4.42 Å². The molecule has 1 aromatic rings. The minimum atomic E-state index is -2.99. The van der Waals surface area contributed by atoms with Gasteiger partial charge in [-0.25, -0.2) is 8.42 Å². The number of rotatable bonds is 3. The molecule has 1 saturated heterocycles. The summed E-state index contributed by atoms with van der Waals surface area (Å²) in [6, 6.07) is 1.46. The summed E-state index contributed by atoms with van der Waals surface area (Å²) in [6.07, 6.45) is 3.18. The third-order valence-electron chi connectivity index (χ3n) is 2.90. The van der Waals surface area contributed by atoms with Crippen LogP contribution in [0.2, 0.25) is 0 Å². The molecular weight excluding hydrogens is 272 g/mol. The van der Waals surface area contributed by atoms with Gasteiger partial charge in [-0.05, 0) is 18.4 Å². The summed E-state index contributed by atoms with van der Waals surface area (Å²) in [4.78, 5) is 23.0. The van der Waals surface area contributed by atoms with Gasteiger partial charge in [0.1, 0.15) is 6.26 Å². The molecule has 2 heterocycles. The van der Waals surface area contributed by atoms with E-state index >= 15 is 0 Å². The molecule has 0 aromatic carbocycles. The fourth-order valence-corrected chi connectivity index (χ4v) is 3.80. The Kier molecular flexibility index (Phi) is 3.89. The molecule has 1 fully saturated rings. The van der Waals surface area contributed by atoms with Gasteiger partial charge in [-0.15, -0.1) is 0 Å². The molecule has 0 spiro atoms. The van der Waals surface area contributed by atoms with Crippen molar-refractivity contribution in [1.82, 2.24) is 10.9 Å². The van der Waals surface area contributed by atoms with Gasteiger partial charge in [-0.3, -0.25) is 20.4 Å². The molecule has 19 heavy (non-hydrogen) atoms. The molecule has 0 aliphatic carbocycles. The quantitative estimate of drug-likeness (QED) is 0.753. The first-order valence-corrected chi connectivity index (χ1v) is 7.60. The van der Waals surface area contributed by atoms with E-state index in [2.05, 4.69) is 10.9 Å². The van der Waals surface area contributed by atoms with E-state index in [1.54, 1.807) is 0 Å². The molecule has 1 aromatic heterocycles. The predicted molar refractivity (Wildman–Crippen MR) is 65.7 cm³/mol. The lowest BCUT2D eigenvalue weighted by molar-refractivity contribution is -0.122. The molecule has 2 N–H and O–H groups in total. The first kappa shape index (κ1) is 13.6. The highest BCUT2D eigenvalue weighted by molar-refractivity contribution is 7.91. The van der Waals surface area contributed by atoms with Gasteiger partial charge in [0.15, 0.2) is 9.84 Å². The van der Waals surface area contributed by atoms with Crippen LogP contribution in [0.1, 0.15) is 23.2 Å². The smallest absolute Gasteiger partial charge is 0.272 e. The number of hydrogen-bond donors (Lipinski definition) is 2. The van der Waals surface area contributed by atoms with E-state index in [1.807, 2.05) is 0 Å². The lowest BCUT2D eigenvalue weighted by Gasteiger charge is -2.09. The van der Waals surface area contributed by atoms with E-state index in [-0.39, 0.29) is 23.8 Å². The second kappa shape index (κ2) is 5.43. The number of hydrazine groups is 1. The Labute approximate surface area is 110 Å². The van der Waals surface area contributed by atoms with Crippen LogP contribution in [0.4, 0.5) is 0 Å². The van der Waals surface area contributed by atoms with E-state index < -0.39 is 21.7 Å². The Bertz CT molecular complexity index is 564. The number of carbonyl (C=O) groups excluding carboxylic acids is 2. The van der Waals surface area contributed by atoms with Crippen LogP contribution in [0.25, 0.3) is 0 Å². The van der Waals surface area contributed by atoms with Crippen LogP contribution >= 0.6 is 0 Å². The van der Waals surface area contributed by atoms with Crippen molar-refractivity contribution in [2.24, 2.45) is 5.92 Å². The van der Waals surface area contributed by atoms with Crippen LogP contribution in [0, 0.1) is 5.92 Å². The first-order chi connectivity index (χ1) is 8.96. The van der Waals surface area contributed by atoms with E-state index in [9.17, 15) is 18.0 Å². The molecule has 0 radical (unpaired) electrons. The van der Waals surface area contributed by atoms with Gasteiger partial charge in [0.2, 0.25) is 5.91 Å². The summed E-state index contributed by atoms with van der Waals surface area (Å²) < 4.78 is 27.2. The Morgan fingerprint density at radius 2 is 2.16 bits per heavy atom. The molecule has 8 heteroatoms. The van der Waals surface area contributed by atoms with Crippen molar-refractivity contribution in [1.29, 1.82) is 0 Å². The number of amides is 2. The molecule has 7 nitrogen and oxygen atoms in total. The fraction of sp³-hybridized carbons (Fsp3) is 0.455. The van der Waals surface area contributed by atoms with Crippen molar-refractivity contribution in [3.63, 3.8) is 0 Å². The number of furan rings is 1. The van der Waals surface area contributed by atoms with Crippen molar-refractivity contribution < 1.29 is 22.4 Å².